The summed E-state index contributed by atoms with van der Waals surface area (Å²) in [5, 5.41) is 0. The maximum atomic E-state index is 13.5. The lowest BCUT2D eigenvalue weighted by Crippen LogP contribution is -2.38. The van der Waals surface area contributed by atoms with Gasteiger partial charge in [-0.1, -0.05) is 6.07 Å². The third kappa shape index (κ3) is 1.92. The molecule has 0 bridgehead atoms. The highest BCUT2D eigenvalue weighted by Gasteiger charge is 2.58. The molecule has 3 atom stereocenters. The van der Waals surface area contributed by atoms with Crippen LogP contribution in [0, 0.1) is 23.5 Å². The predicted molar refractivity (Wildman–Crippen MR) is 61.6 cm³/mol. The molecule has 1 saturated carbocycles. The second kappa shape index (κ2) is 4.09. The van der Waals surface area contributed by atoms with E-state index in [0.717, 1.165) is 17.0 Å². The summed E-state index contributed by atoms with van der Waals surface area (Å²) in [6.45, 7) is -0.0623. The number of halogens is 2. The van der Waals surface area contributed by atoms with Gasteiger partial charge in [-0.15, -0.1) is 0 Å². The third-order valence-electron chi connectivity index (χ3n) is 3.70. The Morgan fingerprint density at radius 1 is 1.26 bits per heavy atom. The molecule has 2 aliphatic rings. The maximum absolute atomic E-state index is 13.5. The number of rotatable bonds is 3. The van der Waals surface area contributed by atoms with Gasteiger partial charge < -0.3 is 5.73 Å². The lowest BCUT2D eigenvalue weighted by Gasteiger charge is -2.21. The lowest BCUT2D eigenvalue weighted by atomic mass is 10.1. The van der Waals surface area contributed by atoms with Crippen LogP contribution in [-0.2, 0) is 9.59 Å². The van der Waals surface area contributed by atoms with Crippen LogP contribution in [0.2, 0.25) is 0 Å². The van der Waals surface area contributed by atoms with E-state index in [-0.39, 0.29) is 35.8 Å². The highest BCUT2D eigenvalue weighted by molar-refractivity contribution is 6.08. The largest absolute Gasteiger partial charge is 0.322 e. The van der Waals surface area contributed by atoms with Crippen LogP contribution in [-0.4, -0.2) is 23.3 Å². The van der Waals surface area contributed by atoms with Crippen molar-refractivity contribution in [2.24, 2.45) is 17.6 Å². The molecular weight excluding hydrogens is 254 g/mol. The number of likely N-dealkylation sites (tertiary alicyclic amines) is 1. The van der Waals surface area contributed by atoms with Gasteiger partial charge in [-0.25, -0.2) is 8.78 Å². The van der Waals surface area contributed by atoms with Crippen LogP contribution in [0.15, 0.2) is 18.2 Å². The van der Waals surface area contributed by atoms with Crippen molar-refractivity contribution in [1.29, 1.82) is 0 Å². The fourth-order valence-electron chi connectivity index (χ4n) is 2.53. The fraction of sp³-hybridized carbons (Fsp3) is 0.385. The van der Waals surface area contributed by atoms with E-state index in [4.69, 9.17) is 5.73 Å². The zero-order valence-electron chi connectivity index (χ0n) is 9.98. The van der Waals surface area contributed by atoms with Crippen LogP contribution in [0.25, 0.3) is 0 Å². The van der Waals surface area contributed by atoms with Crippen LogP contribution < -0.4 is 5.73 Å². The van der Waals surface area contributed by atoms with Gasteiger partial charge in [0.15, 0.2) is 0 Å². The van der Waals surface area contributed by atoms with Crippen LogP contribution in [0.3, 0.4) is 0 Å². The molecule has 1 saturated heterocycles. The number of benzene rings is 1. The molecule has 0 radical (unpaired) electrons. The van der Waals surface area contributed by atoms with E-state index in [1.807, 2.05) is 0 Å². The number of carbonyl (C=O) groups excluding carboxylic acids is 2. The number of hydrogen-bond donors (Lipinski definition) is 1. The average molecular weight is 266 g/mol. The Morgan fingerprint density at radius 2 is 1.89 bits per heavy atom. The highest BCUT2D eigenvalue weighted by atomic mass is 19.1. The van der Waals surface area contributed by atoms with E-state index in [0.29, 0.717) is 6.42 Å². The molecule has 19 heavy (non-hydrogen) atoms. The molecule has 2 fully saturated rings. The molecule has 1 aliphatic heterocycles. The van der Waals surface area contributed by atoms with Gasteiger partial charge in [0.05, 0.1) is 17.9 Å². The first kappa shape index (κ1) is 12.2. The Bertz CT molecular complexity index is 556. The topological polar surface area (TPSA) is 63.4 Å². The van der Waals surface area contributed by atoms with Crippen LogP contribution in [0.4, 0.5) is 8.78 Å². The first-order valence-corrected chi connectivity index (χ1v) is 6.05. The SMILES string of the molecule is NC(CN1C(=O)C2CC2C1=O)c1ccc(F)cc1F. The van der Waals surface area contributed by atoms with Crippen molar-refractivity contribution in [2.75, 3.05) is 6.54 Å². The molecule has 3 rings (SSSR count). The second-order valence-electron chi connectivity index (χ2n) is 5.01. The molecule has 2 amide bonds. The Labute approximate surface area is 108 Å². The predicted octanol–water partition coefficient (Wildman–Crippen LogP) is 0.970. The molecule has 1 aromatic carbocycles. The summed E-state index contributed by atoms with van der Waals surface area (Å²) < 4.78 is 26.3. The molecule has 4 nitrogen and oxygen atoms in total. The van der Waals surface area contributed by atoms with E-state index < -0.39 is 17.7 Å². The van der Waals surface area contributed by atoms with Crippen molar-refractivity contribution in [3.8, 4) is 0 Å². The van der Waals surface area contributed by atoms with Crippen LogP contribution in [0.5, 0.6) is 0 Å². The van der Waals surface area contributed by atoms with E-state index in [9.17, 15) is 18.4 Å². The van der Waals surface area contributed by atoms with Crippen molar-refractivity contribution in [3.05, 3.63) is 35.4 Å². The number of amides is 2. The first-order valence-electron chi connectivity index (χ1n) is 6.05. The Balaban J connectivity index is 1.76. The smallest absolute Gasteiger partial charge is 0.233 e. The second-order valence-corrected chi connectivity index (χ2v) is 5.01. The summed E-state index contributed by atoms with van der Waals surface area (Å²) in [5.41, 5.74) is 5.90. The summed E-state index contributed by atoms with van der Waals surface area (Å²) in [6.07, 6.45) is 0.619. The number of fused-ring (bicyclic) bond motifs is 1. The molecule has 1 aliphatic carbocycles. The number of hydrogen-bond acceptors (Lipinski definition) is 3. The van der Waals surface area contributed by atoms with Crippen molar-refractivity contribution < 1.29 is 18.4 Å². The van der Waals surface area contributed by atoms with Gasteiger partial charge in [-0.2, -0.15) is 0 Å². The standard InChI is InChI=1S/C13H12F2N2O2/c14-6-1-2-7(10(15)3-6)11(16)5-17-12(18)8-4-9(8)13(17)19/h1-3,8-9,11H,4-5,16H2. The summed E-state index contributed by atoms with van der Waals surface area (Å²) >= 11 is 0. The molecule has 2 N–H and O–H groups in total. The molecule has 6 heteroatoms. The van der Waals surface area contributed by atoms with E-state index in [1.54, 1.807) is 0 Å². The maximum Gasteiger partial charge on any atom is 0.233 e. The zero-order chi connectivity index (χ0) is 13.7. The van der Waals surface area contributed by atoms with Crippen LogP contribution in [0.1, 0.15) is 18.0 Å². The van der Waals surface area contributed by atoms with E-state index >= 15 is 0 Å². The summed E-state index contributed by atoms with van der Waals surface area (Å²) in [5.74, 6) is -2.31. The van der Waals surface area contributed by atoms with Crippen molar-refractivity contribution in [1.82, 2.24) is 4.90 Å². The zero-order valence-corrected chi connectivity index (χ0v) is 9.98. The van der Waals surface area contributed by atoms with Crippen molar-refractivity contribution >= 4 is 11.8 Å². The minimum atomic E-state index is -0.842. The minimum Gasteiger partial charge on any atom is -0.322 e. The quantitative estimate of drug-likeness (QED) is 0.829. The molecule has 1 heterocycles. The first-order chi connectivity index (χ1) is 8.99. The molecular formula is C13H12F2N2O2. The van der Waals surface area contributed by atoms with Gasteiger partial charge in [-0.05, 0) is 12.5 Å². The van der Waals surface area contributed by atoms with Gasteiger partial charge in [0.25, 0.3) is 0 Å². The van der Waals surface area contributed by atoms with Gasteiger partial charge >= 0.3 is 0 Å². The molecule has 0 spiro atoms. The average Bonchev–Trinajstić information content (AvgIpc) is 3.09. The Morgan fingerprint density at radius 3 is 2.47 bits per heavy atom. The van der Waals surface area contributed by atoms with E-state index in [1.165, 1.54) is 6.07 Å². The van der Waals surface area contributed by atoms with Crippen molar-refractivity contribution in [3.63, 3.8) is 0 Å². The summed E-state index contributed by atoms with van der Waals surface area (Å²) in [4.78, 5) is 24.6. The number of imide groups is 1. The minimum absolute atomic E-state index is 0.0623. The molecule has 1 aromatic rings. The number of carbonyl (C=O) groups is 2. The van der Waals surface area contributed by atoms with Gasteiger partial charge in [0.1, 0.15) is 11.6 Å². The van der Waals surface area contributed by atoms with Crippen LogP contribution >= 0.6 is 0 Å². The highest BCUT2D eigenvalue weighted by Crippen LogP contribution is 2.47. The number of nitrogens with zero attached hydrogens (tertiary/aromatic N) is 1. The fourth-order valence-corrected chi connectivity index (χ4v) is 2.53. The normalized spacial score (nSPS) is 26.6. The number of piperidine rings is 1. The van der Waals surface area contributed by atoms with Gasteiger partial charge in [0, 0.05) is 18.2 Å². The Hall–Kier alpha value is -1.82. The van der Waals surface area contributed by atoms with E-state index in [2.05, 4.69) is 0 Å². The lowest BCUT2D eigenvalue weighted by molar-refractivity contribution is -0.141. The molecule has 100 valence electrons. The van der Waals surface area contributed by atoms with Crippen molar-refractivity contribution in [2.45, 2.75) is 12.5 Å². The number of nitrogens with two attached hydrogens (primary N) is 1. The monoisotopic (exact) mass is 266 g/mol. The van der Waals surface area contributed by atoms with Gasteiger partial charge in [-0.3, -0.25) is 14.5 Å². The van der Waals surface area contributed by atoms with Gasteiger partial charge in [0.2, 0.25) is 11.8 Å². The summed E-state index contributed by atoms with van der Waals surface area (Å²) in [6, 6.07) is 2.23. The molecule has 0 aromatic heterocycles. The summed E-state index contributed by atoms with van der Waals surface area (Å²) in [7, 11) is 0. The Kier molecular flexibility index (Phi) is 2.63. The third-order valence-corrected chi connectivity index (χ3v) is 3.70. The molecule has 3 unspecified atom stereocenters.